The number of amides is 1. The molecular weight excluding hydrogens is 214 g/mol. The van der Waals surface area contributed by atoms with E-state index in [1.54, 1.807) is 7.11 Å². The van der Waals surface area contributed by atoms with Gasteiger partial charge in [-0.2, -0.15) is 0 Å². The van der Waals surface area contributed by atoms with E-state index in [9.17, 15) is 4.79 Å². The molecule has 0 aliphatic carbocycles. The second-order valence-corrected chi connectivity index (χ2v) is 5.87. The highest BCUT2D eigenvalue weighted by molar-refractivity contribution is 5.79. The normalized spacial score (nSPS) is 28.5. The van der Waals surface area contributed by atoms with Crippen molar-refractivity contribution >= 4 is 5.91 Å². The summed E-state index contributed by atoms with van der Waals surface area (Å²) in [6, 6.07) is 0.406. The zero-order valence-electron chi connectivity index (χ0n) is 12.1. The Labute approximate surface area is 106 Å². The van der Waals surface area contributed by atoms with Gasteiger partial charge in [0.25, 0.3) is 0 Å². The quantitative estimate of drug-likeness (QED) is 0.757. The number of rotatable bonds is 4. The van der Waals surface area contributed by atoms with E-state index in [1.165, 1.54) is 0 Å². The lowest BCUT2D eigenvalue weighted by molar-refractivity contribution is -0.140. The van der Waals surface area contributed by atoms with E-state index in [0.29, 0.717) is 17.9 Å². The lowest BCUT2D eigenvalue weighted by Gasteiger charge is -2.31. The van der Waals surface area contributed by atoms with E-state index in [1.807, 2.05) is 13.8 Å². The summed E-state index contributed by atoms with van der Waals surface area (Å²) in [5.74, 6) is 1.36. The second-order valence-electron chi connectivity index (χ2n) is 5.87. The summed E-state index contributed by atoms with van der Waals surface area (Å²) >= 11 is 0. The van der Waals surface area contributed by atoms with Crippen LogP contribution >= 0.6 is 0 Å². The molecule has 0 aromatic heterocycles. The fraction of sp³-hybridized carbons (Fsp3) is 0.929. The minimum Gasteiger partial charge on any atom is -0.381 e. The van der Waals surface area contributed by atoms with E-state index in [4.69, 9.17) is 4.74 Å². The van der Waals surface area contributed by atoms with Crippen molar-refractivity contribution in [2.24, 2.45) is 17.8 Å². The maximum atomic E-state index is 12.5. The number of likely N-dealkylation sites (tertiary alicyclic amines) is 1. The molecule has 1 fully saturated rings. The SMILES string of the molecule is COC(C)C(C)C(=O)N1CC(C)C[C@H]1C(C)C. The highest BCUT2D eigenvalue weighted by Gasteiger charge is 2.37. The van der Waals surface area contributed by atoms with Crippen LogP contribution in [0.15, 0.2) is 0 Å². The van der Waals surface area contributed by atoms with Gasteiger partial charge in [0.2, 0.25) is 5.91 Å². The Balaban J connectivity index is 2.73. The first-order valence-electron chi connectivity index (χ1n) is 6.71. The van der Waals surface area contributed by atoms with Crippen molar-refractivity contribution < 1.29 is 9.53 Å². The van der Waals surface area contributed by atoms with Crippen LogP contribution in [0.5, 0.6) is 0 Å². The zero-order chi connectivity index (χ0) is 13.2. The number of hydrogen-bond donors (Lipinski definition) is 0. The Morgan fingerprint density at radius 3 is 2.35 bits per heavy atom. The van der Waals surface area contributed by atoms with Crippen LogP contribution in [0.1, 0.15) is 41.0 Å². The zero-order valence-corrected chi connectivity index (χ0v) is 12.1. The molecule has 1 aliphatic rings. The van der Waals surface area contributed by atoms with Gasteiger partial charge in [0.15, 0.2) is 0 Å². The van der Waals surface area contributed by atoms with E-state index >= 15 is 0 Å². The Hall–Kier alpha value is -0.570. The summed E-state index contributed by atoms with van der Waals surface area (Å²) < 4.78 is 5.27. The lowest BCUT2D eigenvalue weighted by atomic mass is 9.97. The molecule has 0 radical (unpaired) electrons. The van der Waals surface area contributed by atoms with Crippen LogP contribution in [0.3, 0.4) is 0 Å². The molecule has 1 aliphatic heterocycles. The van der Waals surface area contributed by atoms with Crippen LogP contribution in [0, 0.1) is 17.8 Å². The standard InChI is InChI=1S/C14H27NO2/c1-9(2)13-7-10(3)8-15(13)14(16)11(4)12(5)17-6/h9-13H,7-8H2,1-6H3/t10?,11?,12?,13-/m0/s1. The largest absolute Gasteiger partial charge is 0.381 e. The summed E-state index contributed by atoms with van der Waals surface area (Å²) in [5.41, 5.74) is 0. The van der Waals surface area contributed by atoms with Gasteiger partial charge in [0.1, 0.15) is 0 Å². The summed E-state index contributed by atoms with van der Waals surface area (Å²) in [5, 5.41) is 0. The van der Waals surface area contributed by atoms with Crippen molar-refractivity contribution in [1.29, 1.82) is 0 Å². The highest BCUT2D eigenvalue weighted by Crippen LogP contribution is 2.29. The van der Waals surface area contributed by atoms with Gasteiger partial charge in [-0.3, -0.25) is 4.79 Å². The predicted octanol–water partition coefficient (Wildman–Crippen LogP) is 2.55. The van der Waals surface area contributed by atoms with Crippen molar-refractivity contribution in [2.45, 2.75) is 53.2 Å². The van der Waals surface area contributed by atoms with Gasteiger partial charge in [-0.05, 0) is 25.2 Å². The molecule has 0 aromatic carbocycles. The van der Waals surface area contributed by atoms with Crippen LogP contribution in [-0.4, -0.2) is 36.6 Å². The molecule has 1 saturated heterocycles. The molecule has 0 spiro atoms. The van der Waals surface area contributed by atoms with Gasteiger partial charge >= 0.3 is 0 Å². The Kier molecular flexibility index (Phi) is 4.99. The van der Waals surface area contributed by atoms with Gasteiger partial charge < -0.3 is 9.64 Å². The molecule has 1 amide bonds. The van der Waals surface area contributed by atoms with E-state index in [-0.39, 0.29) is 17.9 Å². The molecule has 3 unspecified atom stereocenters. The first-order valence-corrected chi connectivity index (χ1v) is 6.71. The smallest absolute Gasteiger partial charge is 0.228 e. The summed E-state index contributed by atoms with van der Waals surface area (Å²) in [6.07, 6.45) is 1.13. The number of carbonyl (C=O) groups is 1. The van der Waals surface area contributed by atoms with Crippen LogP contribution < -0.4 is 0 Å². The number of carbonyl (C=O) groups excluding carboxylic acids is 1. The highest BCUT2D eigenvalue weighted by atomic mass is 16.5. The summed E-state index contributed by atoms with van der Waals surface area (Å²) in [7, 11) is 1.67. The third-order valence-electron chi connectivity index (χ3n) is 4.07. The first kappa shape index (κ1) is 14.5. The van der Waals surface area contributed by atoms with Crippen LogP contribution in [-0.2, 0) is 9.53 Å². The van der Waals surface area contributed by atoms with Crippen molar-refractivity contribution in [2.75, 3.05) is 13.7 Å². The lowest BCUT2D eigenvalue weighted by Crippen LogP contribution is -2.44. The number of nitrogens with zero attached hydrogens (tertiary/aromatic N) is 1. The average Bonchev–Trinajstić information content (AvgIpc) is 2.68. The summed E-state index contributed by atoms with van der Waals surface area (Å²) in [4.78, 5) is 14.5. The molecule has 1 rings (SSSR count). The van der Waals surface area contributed by atoms with Crippen LogP contribution in [0.25, 0.3) is 0 Å². The van der Waals surface area contributed by atoms with E-state index < -0.39 is 0 Å². The maximum Gasteiger partial charge on any atom is 0.228 e. The molecule has 1 heterocycles. The van der Waals surface area contributed by atoms with E-state index in [2.05, 4.69) is 25.7 Å². The van der Waals surface area contributed by atoms with Crippen molar-refractivity contribution in [3.8, 4) is 0 Å². The van der Waals surface area contributed by atoms with E-state index in [0.717, 1.165) is 13.0 Å². The number of hydrogen-bond acceptors (Lipinski definition) is 2. The van der Waals surface area contributed by atoms with Gasteiger partial charge in [0, 0.05) is 19.7 Å². The van der Waals surface area contributed by atoms with Crippen LogP contribution in [0.4, 0.5) is 0 Å². The minimum atomic E-state index is -0.0495. The molecule has 4 atom stereocenters. The van der Waals surface area contributed by atoms with Crippen molar-refractivity contribution in [3.63, 3.8) is 0 Å². The fourth-order valence-corrected chi connectivity index (χ4v) is 2.64. The summed E-state index contributed by atoms with van der Waals surface area (Å²) in [6.45, 7) is 11.5. The van der Waals surface area contributed by atoms with Gasteiger partial charge in [-0.25, -0.2) is 0 Å². The van der Waals surface area contributed by atoms with Gasteiger partial charge in [-0.1, -0.05) is 27.7 Å². The molecule has 3 nitrogen and oxygen atoms in total. The Bertz CT molecular complexity index is 265. The first-order chi connectivity index (χ1) is 7.88. The fourth-order valence-electron chi connectivity index (χ4n) is 2.64. The number of ether oxygens (including phenoxy) is 1. The minimum absolute atomic E-state index is 0.00813. The molecule has 0 N–H and O–H groups in total. The average molecular weight is 241 g/mol. The monoisotopic (exact) mass is 241 g/mol. The van der Waals surface area contributed by atoms with Crippen LogP contribution in [0.2, 0.25) is 0 Å². The van der Waals surface area contributed by atoms with Gasteiger partial charge in [0.05, 0.1) is 12.0 Å². The molecule has 17 heavy (non-hydrogen) atoms. The topological polar surface area (TPSA) is 29.5 Å². The number of methoxy groups -OCH3 is 1. The third kappa shape index (κ3) is 3.21. The molecule has 100 valence electrons. The molecular formula is C14H27NO2. The predicted molar refractivity (Wildman–Crippen MR) is 69.8 cm³/mol. The second kappa shape index (κ2) is 5.85. The Morgan fingerprint density at radius 2 is 1.88 bits per heavy atom. The van der Waals surface area contributed by atoms with Crippen molar-refractivity contribution in [3.05, 3.63) is 0 Å². The molecule has 3 heteroatoms. The Morgan fingerprint density at radius 1 is 1.29 bits per heavy atom. The molecule has 0 aromatic rings. The third-order valence-corrected chi connectivity index (χ3v) is 4.07. The molecule has 0 saturated carbocycles. The molecule has 0 bridgehead atoms. The van der Waals surface area contributed by atoms with Crippen molar-refractivity contribution in [1.82, 2.24) is 4.90 Å². The maximum absolute atomic E-state index is 12.5. The van der Waals surface area contributed by atoms with Gasteiger partial charge in [-0.15, -0.1) is 0 Å².